The summed E-state index contributed by atoms with van der Waals surface area (Å²) >= 11 is 0. The summed E-state index contributed by atoms with van der Waals surface area (Å²) < 4.78 is 10.6. The summed E-state index contributed by atoms with van der Waals surface area (Å²) in [5.41, 5.74) is 0. The third-order valence-corrected chi connectivity index (χ3v) is 5.85. The molecule has 0 heterocycles. The molecule has 0 saturated heterocycles. The first-order chi connectivity index (χ1) is 9.35. The van der Waals surface area contributed by atoms with E-state index >= 15 is 0 Å². The molecule has 1 aromatic rings. The van der Waals surface area contributed by atoms with Gasteiger partial charge in [0.25, 0.3) is 11.9 Å². The van der Waals surface area contributed by atoms with E-state index in [1.807, 2.05) is 0 Å². The SMILES string of the molecule is CC(=O)O[Si](CCC(=O)O)(OC(C)=O)c1ccccc1. The van der Waals surface area contributed by atoms with Gasteiger partial charge in [-0.2, -0.15) is 0 Å². The van der Waals surface area contributed by atoms with Crippen molar-refractivity contribution >= 4 is 31.7 Å². The average molecular weight is 296 g/mol. The molecule has 6 nitrogen and oxygen atoms in total. The van der Waals surface area contributed by atoms with Crippen LogP contribution in [-0.4, -0.2) is 31.6 Å². The molecule has 1 rings (SSSR count). The van der Waals surface area contributed by atoms with Crippen LogP contribution in [0.1, 0.15) is 20.3 Å². The number of rotatable bonds is 6. The number of aliphatic carboxylic acids is 1. The standard InChI is InChI=1S/C13H16O6Si/c1-10(14)18-20(19-11(2)15,9-8-13(16)17)12-6-4-3-5-7-12/h3-7H,8-9H2,1-2H3,(H,16,17). The molecule has 108 valence electrons. The van der Waals surface area contributed by atoms with Crippen LogP contribution in [0.5, 0.6) is 0 Å². The molecule has 0 amide bonds. The minimum Gasteiger partial charge on any atom is -0.482 e. The zero-order chi connectivity index (χ0) is 15.2. The Hall–Kier alpha value is -2.15. The number of carboxylic acid groups (broad SMARTS) is 1. The molecule has 1 N–H and O–H groups in total. The molecule has 0 aliphatic rings. The maximum Gasteiger partial charge on any atom is 0.500 e. The van der Waals surface area contributed by atoms with Crippen molar-refractivity contribution in [1.29, 1.82) is 0 Å². The highest BCUT2D eigenvalue weighted by Gasteiger charge is 2.46. The highest BCUT2D eigenvalue weighted by molar-refractivity contribution is 6.83. The van der Waals surface area contributed by atoms with E-state index in [2.05, 4.69) is 0 Å². The Labute approximate surface area is 117 Å². The lowest BCUT2D eigenvalue weighted by Gasteiger charge is -2.28. The Morgan fingerprint density at radius 3 is 1.95 bits per heavy atom. The molecule has 0 aliphatic carbocycles. The van der Waals surface area contributed by atoms with Crippen LogP contribution in [0.3, 0.4) is 0 Å². The topological polar surface area (TPSA) is 89.9 Å². The van der Waals surface area contributed by atoms with E-state index in [-0.39, 0.29) is 12.5 Å². The van der Waals surface area contributed by atoms with Gasteiger partial charge in [0, 0.05) is 31.5 Å². The summed E-state index contributed by atoms with van der Waals surface area (Å²) in [4.78, 5) is 33.5. The first kappa shape index (κ1) is 15.9. The summed E-state index contributed by atoms with van der Waals surface area (Å²) in [5.74, 6) is -2.25. The van der Waals surface area contributed by atoms with Crippen molar-refractivity contribution < 1.29 is 28.3 Å². The van der Waals surface area contributed by atoms with Crippen molar-refractivity contribution in [2.45, 2.75) is 26.3 Å². The summed E-state index contributed by atoms with van der Waals surface area (Å²) in [7, 11) is -3.44. The lowest BCUT2D eigenvalue weighted by molar-refractivity contribution is -0.140. The van der Waals surface area contributed by atoms with Gasteiger partial charge in [-0.25, -0.2) is 0 Å². The van der Waals surface area contributed by atoms with Gasteiger partial charge in [0.15, 0.2) is 0 Å². The number of carbonyl (C=O) groups is 3. The molecule has 0 aliphatic heterocycles. The van der Waals surface area contributed by atoms with Crippen LogP contribution in [0.4, 0.5) is 0 Å². The van der Waals surface area contributed by atoms with Gasteiger partial charge in [-0.1, -0.05) is 30.3 Å². The van der Waals surface area contributed by atoms with Crippen molar-refractivity contribution in [3.05, 3.63) is 30.3 Å². The summed E-state index contributed by atoms with van der Waals surface area (Å²) in [6, 6.07) is 8.50. The largest absolute Gasteiger partial charge is 0.500 e. The molecular weight excluding hydrogens is 280 g/mol. The maximum atomic E-state index is 11.3. The van der Waals surface area contributed by atoms with Gasteiger partial charge in [0.05, 0.1) is 0 Å². The lowest BCUT2D eigenvalue weighted by atomic mass is 10.4. The predicted octanol–water partition coefficient (Wildman–Crippen LogP) is 0.937. The molecular formula is C13H16O6Si. The quantitative estimate of drug-likeness (QED) is 0.786. The maximum absolute atomic E-state index is 11.3. The van der Waals surface area contributed by atoms with E-state index in [0.717, 1.165) is 0 Å². The van der Waals surface area contributed by atoms with E-state index in [0.29, 0.717) is 5.19 Å². The average Bonchev–Trinajstić information content (AvgIpc) is 2.35. The van der Waals surface area contributed by atoms with Crippen molar-refractivity contribution in [3.8, 4) is 0 Å². The monoisotopic (exact) mass is 296 g/mol. The Kier molecular flexibility index (Phi) is 5.45. The minimum atomic E-state index is -3.44. The molecule has 20 heavy (non-hydrogen) atoms. The molecule has 0 spiro atoms. The second-order valence-corrected chi connectivity index (χ2v) is 7.19. The Morgan fingerprint density at radius 2 is 1.55 bits per heavy atom. The zero-order valence-corrected chi connectivity index (χ0v) is 12.3. The number of carboxylic acids is 1. The summed E-state index contributed by atoms with van der Waals surface area (Å²) in [5, 5.41) is 9.38. The second-order valence-electron chi connectivity index (χ2n) is 4.20. The van der Waals surface area contributed by atoms with Gasteiger partial charge >= 0.3 is 14.5 Å². The number of hydrogen-bond donors (Lipinski definition) is 1. The van der Waals surface area contributed by atoms with E-state index in [1.165, 1.54) is 13.8 Å². The van der Waals surface area contributed by atoms with Gasteiger partial charge in [-0.15, -0.1) is 0 Å². The zero-order valence-electron chi connectivity index (χ0n) is 11.3. The minimum absolute atomic E-state index is 0.0223. The third-order valence-electron chi connectivity index (χ3n) is 2.50. The van der Waals surface area contributed by atoms with Gasteiger partial charge in [0.1, 0.15) is 0 Å². The normalized spacial score (nSPS) is 10.7. The second kappa shape index (κ2) is 6.85. The molecule has 7 heteroatoms. The van der Waals surface area contributed by atoms with E-state index in [1.54, 1.807) is 30.3 Å². The number of hydrogen-bond acceptors (Lipinski definition) is 5. The van der Waals surface area contributed by atoms with Crippen LogP contribution in [0.2, 0.25) is 6.04 Å². The van der Waals surface area contributed by atoms with Crippen LogP contribution in [0, 0.1) is 0 Å². The Balaban J connectivity index is 3.20. The molecule has 0 radical (unpaired) electrons. The van der Waals surface area contributed by atoms with E-state index < -0.39 is 26.5 Å². The van der Waals surface area contributed by atoms with Crippen molar-refractivity contribution in [1.82, 2.24) is 0 Å². The first-order valence-electron chi connectivity index (χ1n) is 6.02. The highest BCUT2D eigenvalue weighted by atomic mass is 28.4. The third kappa shape index (κ3) is 4.50. The van der Waals surface area contributed by atoms with Crippen LogP contribution in [0.25, 0.3) is 0 Å². The van der Waals surface area contributed by atoms with Crippen molar-refractivity contribution in [3.63, 3.8) is 0 Å². The fourth-order valence-electron chi connectivity index (χ4n) is 1.81. The molecule has 0 atom stereocenters. The summed E-state index contributed by atoms with van der Waals surface area (Å²) in [6.07, 6.45) is -0.248. The number of carbonyl (C=O) groups excluding carboxylic acids is 2. The molecule has 1 aromatic carbocycles. The molecule has 0 saturated carbocycles. The van der Waals surface area contributed by atoms with Crippen molar-refractivity contribution in [2.24, 2.45) is 0 Å². The van der Waals surface area contributed by atoms with Gasteiger partial charge in [-0.05, 0) is 0 Å². The van der Waals surface area contributed by atoms with Crippen molar-refractivity contribution in [2.75, 3.05) is 0 Å². The smallest absolute Gasteiger partial charge is 0.482 e. The summed E-state index contributed by atoms with van der Waals surface area (Å²) in [6.45, 7) is 2.41. The van der Waals surface area contributed by atoms with E-state index in [9.17, 15) is 14.4 Å². The van der Waals surface area contributed by atoms with E-state index in [4.69, 9.17) is 14.0 Å². The Bertz CT molecular complexity index is 483. The van der Waals surface area contributed by atoms with Crippen LogP contribution in [-0.2, 0) is 23.2 Å². The lowest BCUT2D eigenvalue weighted by Crippen LogP contribution is -2.55. The molecule has 0 unspecified atom stereocenters. The molecule has 0 bridgehead atoms. The molecule has 0 fully saturated rings. The van der Waals surface area contributed by atoms with Gasteiger partial charge in [-0.3, -0.25) is 14.4 Å². The first-order valence-corrected chi connectivity index (χ1v) is 8.04. The fraction of sp³-hybridized carbons (Fsp3) is 0.308. The Morgan fingerprint density at radius 1 is 1.05 bits per heavy atom. The van der Waals surface area contributed by atoms with Crippen LogP contribution >= 0.6 is 0 Å². The van der Waals surface area contributed by atoms with Crippen LogP contribution in [0.15, 0.2) is 30.3 Å². The highest BCUT2D eigenvalue weighted by Crippen LogP contribution is 2.17. The fourth-order valence-corrected chi connectivity index (χ4v) is 4.76. The molecule has 0 aromatic heterocycles. The van der Waals surface area contributed by atoms with Gasteiger partial charge < -0.3 is 14.0 Å². The number of benzene rings is 1. The van der Waals surface area contributed by atoms with Crippen LogP contribution < -0.4 is 5.19 Å². The van der Waals surface area contributed by atoms with Gasteiger partial charge in [0.2, 0.25) is 0 Å². The predicted molar refractivity (Wildman–Crippen MR) is 72.4 cm³/mol.